The minimum absolute atomic E-state index is 0.158. The zero-order valence-corrected chi connectivity index (χ0v) is 35.3. The van der Waals surface area contributed by atoms with Crippen LogP contribution < -0.4 is 20.5 Å². The van der Waals surface area contributed by atoms with E-state index in [4.69, 9.17) is 29.4 Å². The number of rotatable bonds is 9. The zero-order valence-electron chi connectivity index (χ0n) is 35.3. The molecule has 6 rings (SSSR count). The Balaban J connectivity index is 0.000000201. The molecule has 58 heavy (non-hydrogen) atoms. The molecule has 0 aromatic heterocycles. The molecule has 0 aliphatic heterocycles. The van der Waals surface area contributed by atoms with E-state index in [1.807, 2.05) is 93.6 Å². The molecular formula is C47H60N2O9. The van der Waals surface area contributed by atoms with Crippen LogP contribution in [0, 0.1) is 0 Å². The molecule has 11 heteroatoms. The summed E-state index contributed by atoms with van der Waals surface area (Å²) in [5.74, 6) is 2.69. The lowest BCUT2D eigenvalue weighted by atomic mass is 10.1. The van der Waals surface area contributed by atoms with Crippen LogP contribution in [0.4, 0.5) is 14.4 Å². The molecule has 0 radical (unpaired) electrons. The maximum Gasteiger partial charge on any atom is 0.519 e. The van der Waals surface area contributed by atoms with Crippen LogP contribution in [0.25, 0.3) is 0 Å². The largest absolute Gasteiger partial charge is 0.519 e. The van der Waals surface area contributed by atoms with Crippen molar-refractivity contribution in [1.82, 2.24) is 5.32 Å². The highest BCUT2D eigenvalue weighted by Gasteiger charge is 2.40. The molecule has 4 aromatic carbocycles. The predicted octanol–water partition coefficient (Wildman–Crippen LogP) is 10.6. The van der Waals surface area contributed by atoms with E-state index < -0.39 is 29.1 Å². The fourth-order valence-electron chi connectivity index (χ4n) is 5.49. The predicted molar refractivity (Wildman–Crippen MR) is 224 cm³/mol. The van der Waals surface area contributed by atoms with Crippen LogP contribution >= 0.6 is 0 Å². The molecule has 0 saturated heterocycles. The highest BCUT2D eigenvalue weighted by atomic mass is 16.8. The Hall–Kier alpha value is -5.55. The van der Waals surface area contributed by atoms with Gasteiger partial charge in [0.1, 0.15) is 41.5 Å². The fourth-order valence-corrected chi connectivity index (χ4v) is 5.49. The Morgan fingerprint density at radius 2 is 0.931 bits per heavy atom. The molecule has 0 bridgehead atoms. The smallest absolute Gasteiger partial charge is 0.489 e. The van der Waals surface area contributed by atoms with Crippen molar-refractivity contribution in [3.05, 3.63) is 131 Å². The van der Waals surface area contributed by atoms with E-state index in [0.717, 1.165) is 29.9 Å². The lowest BCUT2D eigenvalue weighted by Crippen LogP contribution is -2.34. The summed E-state index contributed by atoms with van der Waals surface area (Å²) < 4.78 is 30.6. The first kappa shape index (κ1) is 45.2. The van der Waals surface area contributed by atoms with Gasteiger partial charge in [0, 0.05) is 23.9 Å². The van der Waals surface area contributed by atoms with Gasteiger partial charge >= 0.3 is 18.4 Å². The van der Waals surface area contributed by atoms with Crippen LogP contribution in [-0.2, 0) is 32.2 Å². The average molecular weight is 797 g/mol. The summed E-state index contributed by atoms with van der Waals surface area (Å²) in [5.41, 5.74) is 8.86. The molecular weight excluding hydrogens is 737 g/mol. The molecule has 312 valence electrons. The summed E-state index contributed by atoms with van der Waals surface area (Å²) in [6.45, 7) is 16.8. The lowest BCUT2D eigenvalue weighted by Gasteiger charge is -2.20. The second-order valence-electron chi connectivity index (χ2n) is 17.3. The van der Waals surface area contributed by atoms with E-state index in [-0.39, 0.29) is 12.1 Å². The summed E-state index contributed by atoms with van der Waals surface area (Å²) in [6, 6.07) is 37.2. The first-order valence-electron chi connectivity index (χ1n) is 19.7. The minimum Gasteiger partial charge on any atom is -0.489 e. The molecule has 0 spiro atoms. The number of ether oxygens (including phenoxy) is 6. The minimum atomic E-state index is -1.06. The number of alkyl carbamates (subject to hydrolysis) is 1. The van der Waals surface area contributed by atoms with Crippen molar-refractivity contribution in [2.45, 2.75) is 129 Å². The highest BCUT2D eigenvalue weighted by molar-refractivity contribution is 5.77. The van der Waals surface area contributed by atoms with Crippen LogP contribution in [0.1, 0.15) is 109 Å². The van der Waals surface area contributed by atoms with Gasteiger partial charge in [0.15, 0.2) is 0 Å². The van der Waals surface area contributed by atoms with Crippen molar-refractivity contribution < 1.29 is 42.8 Å². The Labute approximate surface area is 343 Å². The third-order valence-electron chi connectivity index (χ3n) is 8.39. The Kier molecular flexibility index (Phi) is 15.8. The van der Waals surface area contributed by atoms with Crippen molar-refractivity contribution in [3.8, 4) is 11.5 Å². The summed E-state index contributed by atoms with van der Waals surface area (Å²) in [7, 11) is 0. The van der Waals surface area contributed by atoms with Crippen molar-refractivity contribution in [1.29, 1.82) is 0 Å². The first-order chi connectivity index (χ1) is 27.2. The van der Waals surface area contributed by atoms with E-state index in [9.17, 15) is 14.4 Å². The second-order valence-corrected chi connectivity index (χ2v) is 17.3. The van der Waals surface area contributed by atoms with E-state index in [1.54, 1.807) is 41.5 Å². The highest BCUT2D eigenvalue weighted by Crippen LogP contribution is 2.41. The molecule has 2 saturated carbocycles. The van der Waals surface area contributed by atoms with E-state index in [1.165, 1.54) is 16.7 Å². The summed E-state index contributed by atoms with van der Waals surface area (Å²) in [5, 5.41) is 2.93. The zero-order chi connectivity index (χ0) is 42.5. The second kappa shape index (κ2) is 20.2. The Morgan fingerprint density at radius 3 is 1.29 bits per heavy atom. The van der Waals surface area contributed by atoms with Crippen molar-refractivity contribution in [2.24, 2.45) is 5.73 Å². The topological polar surface area (TPSA) is 145 Å². The molecule has 3 N–H and O–H groups in total. The van der Waals surface area contributed by atoms with Crippen LogP contribution in [0.5, 0.6) is 11.5 Å². The van der Waals surface area contributed by atoms with Gasteiger partial charge in [0.05, 0.1) is 0 Å². The third-order valence-corrected chi connectivity index (χ3v) is 8.39. The molecule has 0 heterocycles. The fraction of sp³-hybridized carbons (Fsp3) is 0.426. The summed E-state index contributed by atoms with van der Waals surface area (Å²) in [4.78, 5) is 33.8. The number of carbonyl (C=O) groups excluding carboxylic acids is 3. The van der Waals surface area contributed by atoms with Crippen LogP contribution in [0.2, 0.25) is 0 Å². The number of nitrogens with one attached hydrogen (secondary N) is 1. The molecule has 2 fully saturated rings. The van der Waals surface area contributed by atoms with Crippen molar-refractivity contribution >= 4 is 18.4 Å². The summed E-state index contributed by atoms with van der Waals surface area (Å²) in [6.07, 6.45) is -0.399. The molecule has 4 atom stereocenters. The number of nitrogens with two attached hydrogens (primary N) is 1. The number of hydrogen-bond donors (Lipinski definition) is 2. The van der Waals surface area contributed by atoms with E-state index >= 15 is 0 Å². The van der Waals surface area contributed by atoms with Gasteiger partial charge in [0.25, 0.3) is 0 Å². The first-order valence-corrected chi connectivity index (χ1v) is 19.7. The van der Waals surface area contributed by atoms with Gasteiger partial charge in [-0.15, -0.1) is 0 Å². The van der Waals surface area contributed by atoms with E-state index in [2.05, 4.69) is 46.5 Å². The van der Waals surface area contributed by atoms with Crippen molar-refractivity contribution in [2.75, 3.05) is 0 Å². The molecule has 1 amide bonds. The Morgan fingerprint density at radius 1 is 0.552 bits per heavy atom. The molecule has 11 nitrogen and oxygen atoms in total. The van der Waals surface area contributed by atoms with Gasteiger partial charge in [-0.05, 0) is 122 Å². The number of hydrogen-bond acceptors (Lipinski definition) is 10. The SMILES string of the molecule is CC(C)(C)OC(=O)N[C@@H]1C[C@H]1c1ccc(OCc2ccccc2)cc1.CC(C)(C)OC(=O)OC(=O)OC(C)(C)C.N[C@@H]1C[C@H]1c1ccc(OCc2ccccc2)cc1. The van der Waals surface area contributed by atoms with Crippen molar-refractivity contribution in [3.63, 3.8) is 0 Å². The standard InChI is InChI=1S/C21H25NO3.C16H17NO.C10H18O5/c1-21(2,3)25-20(23)22-19-13-18(19)16-9-11-17(12-10-16)24-14-15-7-5-4-6-8-15;17-16-10-15(16)13-6-8-14(9-7-13)18-11-12-4-2-1-3-5-12;1-9(2,3)14-7(11)13-8(12)15-10(4,5)6/h4-12,18-19H,13-14H2,1-3H3,(H,22,23);1-9,15-16H,10-11,17H2;1-6H3/t18-,19+;15-,16+;/m00./s1. The lowest BCUT2D eigenvalue weighted by molar-refractivity contribution is -0.0294. The number of amides is 1. The van der Waals surface area contributed by atoms with Crippen LogP contribution in [0.3, 0.4) is 0 Å². The molecule has 2 aliphatic carbocycles. The number of carbonyl (C=O) groups is 3. The number of benzene rings is 4. The monoisotopic (exact) mass is 796 g/mol. The van der Waals surface area contributed by atoms with Crippen LogP contribution in [0.15, 0.2) is 109 Å². The average Bonchev–Trinajstić information content (AvgIpc) is 4.06. The van der Waals surface area contributed by atoms with Gasteiger partial charge < -0.3 is 39.5 Å². The van der Waals surface area contributed by atoms with Gasteiger partial charge in [-0.25, -0.2) is 14.4 Å². The van der Waals surface area contributed by atoms with Gasteiger partial charge in [-0.2, -0.15) is 0 Å². The molecule has 4 aromatic rings. The van der Waals surface area contributed by atoms with Gasteiger partial charge in [-0.1, -0.05) is 84.9 Å². The van der Waals surface area contributed by atoms with Gasteiger partial charge in [0.2, 0.25) is 0 Å². The molecule has 2 aliphatic rings. The maximum atomic E-state index is 11.8. The maximum absolute atomic E-state index is 11.8. The van der Waals surface area contributed by atoms with Crippen LogP contribution in [-0.4, -0.2) is 47.3 Å². The summed E-state index contributed by atoms with van der Waals surface area (Å²) >= 11 is 0. The Bertz CT molecular complexity index is 1850. The quantitative estimate of drug-likeness (QED) is 0.0954. The normalized spacial score (nSPS) is 18.0. The third kappa shape index (κ3) is 17.7. The van der Waals surface area contributed by atoms with Gasteiger partial charge in [-0.3, -0.25) is 0 Å². The molecule has 0 unspecified atom stereocenters. The van der Waals surface area contributed by atoms with E-state index in [0.29, 0.717) is 31.1 Å².